The second-order valence-corrected chi connectivity index (χ2v) is 6.05. The van der Waals surface area contributed by atoms with E-state index in [0.29, 0.717) is 43.4 Å². The van der Waals surface area contributed by atoms with Gasteiger partial charge in [0.15, 0.2) is 5.69 Å². The van der Waals surface area contributed by atoms with Crippen LogP contribution in [0.1, 0.15) is 36.5 Å². The van der Waals surface area contributed by atoms with Gasteiger partial charge in [0.1, 0.15) is 11.6 Å². The van der Waals surface area contributed by atoms with Gasteiger partial charge in [-0.2, -0.15) is 0 Å². The molecular formula is C18H25FN2O4. The highest BCUT2D eigenvalue weighted by Gasteiger charge is 2.18. The van der Waals surface area contributed by atoms with Crippen molar-refractivity contribution < 1.29 is 23.2 Å². The highest BCUT2D eigenvalue weighted by Crippen LogP contribution is 2.12. The number of ether oxygens (including phenoxy) is 2. The van der Waals surface area contributed by atoms with Crippen LogP contribution in [0, 0.1) is 5.92 Å². The van der Waals surface area contributed by atoms with E-state index in [1.165, 1.54) is 6.08 Å². The van der Waals surface area contributed by atoms with Crippen LogP contribution in [0.3, 0.4) is 0 Å². The molecule has 7 heteroatoms. The van der Waals surface area contributed by atoms with Crippen molar-refractivity contribution in [3.05, 3.63) is 41.1 Å². The van der Waals surface area contributed by atoms with Crippen LogP contribution in [0.4, 0.5) is 4.39 Å². The van der Waals surface area contributed by atoms with E-state index in [9.17, 15) is 9.18 Å². The molecule has 0 saturated carbocycles. The number of hydrogen-bond acceptors (Lipinski definition) is 5. The molecule has 1 fully saturated rings. The van der Waals surface area contributed by atoms with Gasteiger partial charge in [0.05, 0.1) is 19.8 Å². The average molecular weight is 352 g/mol. The number of carbonyl (C=O) groups excluding carboxylic acids is 1. The summed E-state index contributed by atoms with van der Waals surface area (Å²) in [6.45, 7) is 6.02. The van der Waals surface area contributed by atoms with Crippen LogP contribution in [-0.4, -0.2) is 44.0 Å². The minimum Gasteiger partial charge on any atom is -0.381 e. The summed E-state index contributed by atoms with van der Waals surface area (Å²) >= 11 is 0. The van der Waals surface area contributed by atoms with Crippen LogP contribution in [-0.2, 0) is 15.9 Å². The molecule has 2 heterocycles. The Morgan fingerprint density at radius 2 is 2.40 bits per heavy atom. The molecule has 0 bridgehead atoms. The minimum absolute atomic E-state index is 0.209. The predicted molar refractivity (Wildman–Crippen MR) is 90.9 cm³/mol. The van der Waals surface area contributed by atoms with Gasteiger partial charge >= 0.3 is 0 Å². The lowest BCUT2D eigenvalue weighted by Crippen LogP contribution is -2.29. The largest absolute Gasteiger partial charge is 0.381 e. The summed E-state index contributed by atoms with van der Waals surface area (Å²) < 4.78 is 29.3. The van der Waals surface area contributed by atoms with Gasteiger partial charge in [0, 0.05) is 31.6 Å². The molecular weight excluding hydrogens is 327 g/mol. The molecule has 138 valence electrons. The molecule has 0 spiro atoms. The Kier molecular flexibility index (Phi) is 7.81. The topological polar surface area (TPSA) is 73.6 Å². The van der Waals surface area contributed by atoms with Crippen molar-refractivity contribution in [3.63, 3.8) is 0 Å². The van der Waals surface area contributed by atoms with Crippen molar-refractivity contribution in [2.45, 2.75) is 26.7 Å². The Morgan fingerprint density at radius 1 is 1.56 bits per heavy atom. The van der Waals surface area contributed by atoms with E-state index in [1.54, 1.807) is 26.0 Å². The first-order valence-corrected chi connectivity index (χ1v) is 8.47. The van der Waals surface area contributed by atoms with Crippen LogP contribution >= 0.6 is 0 Å². The Labute approximate surface area is 147 Å². The lowest BCUT2D eigenvalue weighted by molar-refractivity contribution is 0.0935. The molecule has 1 atom stereocenters. The van der Waals surface area contributed by atoms with Crippen LogP contribution < -0.4 is 5.32 Å². The van der Waals surface area contributed by atoms with Crippen molar-refractivity contribution in [1.29, 1.82) is 0 Å². The normalized spacial score (nSPS) is 18.6. The van der Waals surface area contributed by atoms with Crippen molar-refractivity contribution in [2.24, 2.45) is 5.92 Å². The van der Waals surface area contributed by atoms with Crippen LogP contribution in [0.15, 0.2) is 34.1 Å². The SMILES string of the molecule is C/C=C\C(F)=C(/C)COCCc1cc(C(=O)NCC2CCOC2)no1. The lowest BCUT2D eigenvalue weighted by Gasteiger charge is -2.07. The molecule has 0 radical (unpaired) electrons. The van der Waals surface area contributed by atoms with E-state index >= 15 is 0 Å². The first-order valence-electron chi connectivity index (χ1n) is 8.47. The fraction of sp³-hybridized carbons (Fsp3) is 0.556. The van der Waals surface area contributed by atoms with Crippen molar-refractivity contribution in [2.75, 3.05) is 33.0 Å². The number of nitrogens with zero attached hydrogens (tertiary/aromatic N) is 1. The molecule has 6 nitrogen and oxygen atoms in total. The summed E-state index contributed by atoms with van der Waals surface area (Å²) in [6, 6.07) is 1.60. The monoisotopic (exact) mass is 352 g/mol. The third-order valence-electron chi connectivity index (χ3n) is 3.90. The standard InChI is InChI=1S/C18H25FN2O4/c1-3-4-16(19)13(2)11-23-8-6-15-9-17(21-25-15)18(22)20-10-14-5-7-24-12-14/h3-4,9,14H,5-8,10-12H2,1-2H3,(H,20,22)/b4-3-,16-13-. The van der Waals surface area contributed by atoms with E-state index in [4.69, 9.17) is 14.0 Å². The summed E-state index contributed by atoms with van der Waals surface area (Å²) in [5, 5.41) is 6.61. The van der Waals surface area contributed by atoms with E-state index in [-0.39, 0.29) is 24.0 Å². The molecule has 2 rings (SSSR count). The predicted octanol–water partition coefficient (Wildman–Crippen LogP) is 2.82. The summed E-state index contributed by atoms with van der Waals surface area (Å²) in [7, 11) is 0. The van der Waals surface area contributed by atoms with Gasteiger partial charge in [0.25, 0.3) is 5.91 Å². The van der Waals surface area contributed by atoms with Crippen molar-refractivity contribution in [3.8, 4) is 0 Å². The number of nitrogens with one attached hydrogen (secondary N) is 1. The smallest absolute Gasteiger partial charge is 0.273 e. The molecule has 0 aliphatic carbocycles. The maximum Gasteiger partial charge on any atom is 0.273 e. The number of hydrogen-bond donors (Lipinski definition) is 1. The van der Waals surface area contributed by atoms with E-state index in [0.717, 1.165) is 13.0 Å². The van der Waals surface area contributed by atoms with Gasteiger partial charge in [-0.3, -0.25) is 4.79 Å². The molecule has 1 amide bonds. The fourth-order valence-electron chi connectivity index (χ4n) is 2.37. The van der Waals surface area contributed by atoms with Gasteiger partial charge < -0.3 is 19.3 Å². The van der Waals surface area contributed by atoms with E-state index < -0.39 is 0 Å². The molecule has 25 heavy (non-hydrogen) atoms. The Hall–Kier alpha value is -1.99. The Balaban J connectivity index is 1.70. The van der Waals surface area contributed by atoms with Crippen LogP contribution in [0.2, 0.25) is 0 Å². The third kappa shape index (κ3) is 6.43. The average Bonchev–Trinajstić information content (AvgIpc) is 3.28. The number of amides is 1. The van der Waals surface area contributed by atoms with Gasteiger partial charge in [-0.25, -0.2) is 4.39 Å². The van der Waals surface area contributed by atoms with Gasteiger partial charge in [-0.1, -0.05) is 11.2 Å². The summed E-state index contributed by atoms with van der Waals surface area (Å²) in [6.07, 6.45) is 4.47. The zero-order chi connectivity index (χ0) is 18.1. The van der Waals surface area contributed by atoms with Crippen LogP contribution in [0.25, 0.3) is 0 Å². The highest BCUT2D eigenvalue weighted by molar-refractivity contribution is 5.92. The third-order valence-corrected chi connectivity index (χ3v) is 3.90. The van der Waals surface area contributed by atoms with E-state index in [2.05, 4.69) is 10.5 Å². The van der Waals surface area contributed by atoms with Crippen LogP contribution in [0.5, 0.6) is 0 Å². The molecule has 1 aromatic heterocycles. The summed E-state index contributed by atoms with van der Waals surface area (Å²) in [4.78, 5) is 12.0. The second-order valence-electron chi connectivity index (χ2n) is 6.05. The maximum atomic E-state index is 13.5. The molecule has 1 aromatic rings. The molecule has 1 unspecified atom stereocenters. The molecule has 1 saturated heterocycles. The molecule has 1 aliphatic heterocycles. The lowest BCUT2D eigenvalue weighted by atomic mass is 10.1. The maximum absolute atomic E-state index is 13.5. The minimum atomic E-state index is -0.284. The number of allylic oxidation sites excluding steroid dienone is 3. The molecule has 0 aromatic carbocycles. The summed E-state index contributed by atoms with van der Waals surface area (Å²) in [5.41, 5.74) is 0.788. The Morgan fingerprint density at radius 3 is 3.12 bits per heavy atom. The fourth-order valence-corrected chi connectivity index (χ4v) is 2.37. The number of halogens is 1. The molecule has 1 N–H and O–H groups in total. The van der Waals surface area contributed by atoms with Crippen molar-refractivity contribution in [1.82, 2.24) is 10.5 Å². The first-order chi connectivity index (χ1) is 12.1. The summed E-state index contributed by atoms with van der Waals surface area (Å²) in [5.74, 6) is 0.386. The Bertz CT molecular complexity index is 618. The zero-order valence-corrected chi connectivity index (χ0v) is 14.7. The molecule has 1 aliphatic rings. The van der Waals surface area contributed by atoms with Gasteiger partial charge in [0.2, 0.25) is 0 Å². The quantitative estimate of drug-likeness (QED) is 0.546. The van der Waals surface area contributed by atoms with Gasteiger partial charge in [-0.15, -0.1) is 0 Å². The number of rotatable bonds is 9. The highest BCUT2D eigenvalue weighted by atomic mass is 19.1. The number of aromatic nitrogens is 1. The van der Waals surface area contributed by atoms with Gasteiger partial charge in [-0.05, 0) is 31.9 Å². The van der Waals surface area contributed by atoms with E-state index in [1.807, 2.05) is 0 Å². The second kappa shape index (κ2) is 10.1. The number of carbonyl (C=O) groups is 1. The van der Waals surface area contributed by atoms with Crippen molar-refractivity contribution >= 4 is 5.91 Å². The zero-order valence-electron chi connectivity index (χ0n) is 14.7. The first kappa shape index (κ1) is 19.3.